The van der Waals surface area contributed by atoms with Crippen molar-refractivity contribution in [3.8, 4) is 17.0 Å². The lowest BCUT2D eigenvalue weighted by Crippen LogP contribution is -2.22. The molecule has 0 aliphatic carbocycles. The van der Waals surface area contributed by atoms with Crippen LogP contribution in [0.5, 0.6) is 5.75 Å². The molecule has 8 nitrogen and oxygen atoms in total. The Balaban J connectivity index is 2.11. The topological polar surface area (TPSA) is 123 Å². The molecule has 2 aromatic rings. The minimum Gasteiger partial charge on any atom is -0.468 e. The molecule has 3 rings (SSSR count). The number of ether oxygens (including phenoxy) is 3. The first kappa shape index (κ1) is 19.1. The van der Waals surface area contributed by atoms with Gasteiger partial charge in [0.2, 0.25) is 0 Å². The first-order valence-corrected chi connectivity index (χ1v) is 8.79. The van der Waals surface area contributed by atoms with E-state index in [-0.39, 0.29) is 24.1 Å². The number of hydrogen-bond acceptors (Lipinski definition) is 7. The van der Waals surface area contributed by atoms with Gasteiger partial charge >= 0.3 is 0 Å². The van der Waals surface area contributed by atoms with E-state index in [2.05, 4.69) is 4.98 Å². The van der Waals surface area contributed by atoms with E-state index < -0.39 is 5.91 Å². The van der Waals surface area contributed by atoms with E-state index >= 15 is 0 Å². The smallest absolute Gasteiger partial charge is 0.269 e. The number of aromatic nitrogens is 2. The maximum absolute atomic E-state index is 11.9. The van der Waals surface area contributed by atoms with Crippen LogP contribution in [0.25, 0.3) is 11.3 Å². The highest BCUT2D eigenvalue weighted by Gasteiger charge is 2.24. The summed E-state index contributed by atoms with van der Waals surface area (Å²) >= 11 is 0. The summed E-state index contributed by atoms with van der Waals surface area (Å²) in [5.41, 5.74) is 14.1. The van der Waals surface area contributed by atoms with Crippen molar-refractivity contribution < 1.29 is 19.0 Å². The Morgan fingerprint density at radius 2 is 2.04 bits per heavy atom. The number of anilines is 1. The standard InChI is InChI=1S/C19H24N4O4/c1-11-3-4-13(27-10-25-2)9-14(11)16-15(20)17(18(21)24)23-19(22-16)12-5-7-26-8-6-12/h3-4,9,12H,5-8,10,20H2,1-2H3,(H2,21,24). The number of nitrogens with two attached hydrogens (primary N) is 2. The summed E-state index contributed by atoms with van der Waals surface area (Å²) in [6.45, 7) is 3.34. The number of primary amides is 1. The number of rotatable bonds is 6. The van der Waals surface area contributed by atoms with E-state index in [4.69, 9.17) is 30.7 Å². The van der Waals surface area contributed by atoms with Crippen molar-refractivity contribution in [3.63, 3.8) is 0 Å². The molecule has 1 aliphatic rings. The van der Waals surface area contributed by atoms with Gasteiger partial charge in [-0.3, -0.25) is 4.79 Å². The average Bonchev–Trinajstić information content (AvgIpc) is 2.68. The molecule has 0 unspecified atom stereocenters. The lowest BCUT2D eigenvalue weighted by molar-refractivity contribution is 0.0511. The Labute approximate surface area is 157 Å². The number of methoxy groups -OCH3 is 1. The van der Waals surface area contributed by atoms with E-state index in [9.17, 15) is 4.79 Å². The lowest BCUT2D eigenvalue weighted by Gasteiger charge is -2.22. The second kappa shape index (κ2) is 8.32. The largest absolute Gasteiger partial charge is 0.468 e. The normalized spacial score (nSPS) is 14.9. The van der Waals surface area contributed by atoms with Crippen molar-refractivity contribution in [1.29, 1.82) is 0 Å². The summed E-state index contributed by atoms with van der Waals surface area (Å²) in [7, 11) is 1.55. The molecule has 8 heteroatoms. The van der Waals surface area contributed by atoms with Gasteiger partial charge in [0.15, 0.2) is 12.5 Å². The molecule has 4 N–H and O–H groups in total. The predicted molar refractivity (Wildman–Crippen MR) is 100 cm³/mol. The van der Waals surface area contributed by atoms with E-state index in [0.29, 0.717) is 30.5 Å². The number of nitrogen functional groups attached to an aromatic ring is 1. The molecular formula is C19H24N4O4. The third-order valence-corrected chi connectivity index (χ3v) is 4.59. The van der Waals surface area contributed by atoms with E-state index in [1.165, 1.54) is 0 Å². The summed E-state index contributed by atoms with van der Waals surface area (Å²) in [5.74, 6) is 0.612. The zero-order valence-electron chi connectivity index (χ0n) is 15.5. The molecule has 0 saturated carbocycles. The Kier molecular flexibility index (Phi) is 5.88. The molecule has 1 aromatic carbocycles. The molecule has 0 spiro atoms. The van der Waals surface area contributed by atoms with Crippen LogP contribution in [0, 0.1) is 6.92 Å². The first-order chi connectivity index (χ1) is 13.0. The van der Waals surface area contributed by atoms with Gasteiger partial charge in [-0.15, -0.1) is 0 Å². The van der Waals surface area contributed by atoms with Crippen LogP contribution >= 0.6 is 0 Å². The van der Waals surface area contributed by atoms with Gasteiger partial charge in [0.1, 0.15) is 11.6 Å². The summed E-state index contributed by atoms with van der Waals surface area (Å²) in [4.78, 5) is 21.0. The summed E-state index contributed by atoms with van der Waals surface area (Å²) in [6, 6.07) is 5.56. The fourth-order valence-electron chi connectivity index (χ4n) is 3.09. The first-order valence-electron chi connectivity index (χ1n) is 8.79. The van der Waals surface area contributed by atoms with Crippen molar-refractivity contribution in [2.24, 2.45) is 5.73 Å². The molecule has 144 valence electrons. The van der Waals surface area contributed by atoms with Gasteiger partial charge < -0.3 is 25.7 Å². The molecular weight excluding hydrogens is 348 g/mol. The van der Waals surface area contributed by atoms with Crippen molar-refractivity contribution in [1.82, 2.24) is 9.97 Å². The van der Waals surface area contributed by atoms with Crippen LogP contribution in [0.4, 0.5) is 5.69 Å². The van der Waals surface area contributed by atoms with E-state index in [1.54, 1.807) is 7.11 Å². The van der Waals surface area contributed by atoms with Crippen molar-refractivity contribution in [2.45, 2.75) is 25.7 Å². The molecule has 1 amide bonds. The molecule has 0 bridgehead atoms. The van der Waals surface area contributed by atoms with Crippen molar-refractivity contribution >= 4 is 11.6 Å². The zero-order chi connectivity index (χ0) is 19.4. The van der Waals surface area contributed by atoms with Crippen LogP contribution in [0.15, 0.2) is 18.2 Å². The highest BCUT2D eigenvalue weighted by atomic mass is 16.7. The van der Waals surface area contributed by atoms with Gasteiger partial charge in [-0.1, -0.05) is 6.07 Å². The fraction of sp³-hybridized carbons (Fsp3) is 0.421. The number of carbonyl (C=O) groups is 1. The average molecular weight is 372 g/mol. The molecule has 0 radical (unpaired) electrons. The Hall–Kier alpha value is -2.71. The van der Waals surface area contributed by atoms with Crippen LogP contribution in [-0.4, -0.2) is 43.0 Å². The highest BCUT2D eigenvalue weighted by Crippen LogP contribution is 2.34. The van der Waals surface area contributed by atoms with Gasteiger partial charge in [-0.05, 0) is 37.5 Å². The van der Waals surface area contributed by atoms with Crippen LogP contribution in [-0.2, 0) is 9.47 Å². The fourth-order valence-corrected chi connectivity index (χ4v) is 3.09. The SMILES string of the molecule is COCOc1ccc(C)c(-c2nc(C3CCOCC3)nc(C(N)=O)c2N)c1. The van der Waals surface area contributed by atoms with Gasteiger partial charge in [-0.25, -0.2) is 9.97 Å². The predicted octanol–water partition coefficient (Wildman–Crippen LogP) is 2.01. The second-order valence-electron chi connectivity index (χ2n) is 6.47. The molecule has 1 aliphatic heterocycles. The lowest BCUT2D eigenvalue weighted by atomic mass is 9.97. The third kappa shape index (κ3) is 4.17. The zero-order valence-corrected chi connectivity index (χ0v) is 15.5. The van der Waals surface area contributed by atoms with Gasteiger partial charge in [0.05, 0.1) is 11.4 Å². The number of benzene rings is 1. The van der Waals surface area contributed by atoms with E-state index in [0.717, 1.165) is 24.0 Å². The molecule has 0 atom stereocenters. The summed E-state index contributed by atoms with van der Waals surface area (Å²) < 4.78 is 15.9. The number of carbonyl (C=O) groups excluding carboxylic acids is 1. The number of nitrogens with zero attached hydrogens (tertiary/aromatic N) is 2. The third-order valence-electron chi connectivity index (χ3n) is 4.59. The van der Waals surface area contributed by atoms with Gasteiger partial charge in [0, 0.05) is 31.8 Å². The van der Waals surface area contributed by atoms with Crippen LogP contribution in [0.2, 0.25) is 0 Å². The quantitative estimate of drug-likeness (QED) is 0.744. The number of hydrogen-bond donors (Lipinski definition) is 2. The molecule has 1 saturated heterocycles. The Bertz CT molecular complexity index is 835. The second-order valence-corrected chi connectivity index (χ2v) is 6.47. The number of amides is 1. The molecule has 27 heavy (non-hydrogen) atoms. The minimum atomic E-state index is -0.672. The monoisotopic (exact) mass is 372 g/mol. The molecule has 2 heterocycles. The Morgan fingerprint density at radius 1 is 1.30 bits per heavy atom. The van der Waals surface area contributed by atoms with E-state index in [1.807, 2.05) is 25.1 Å². The molecule has 1 aromatic heterocycles. The van der Waals surface area contributed by atoms with Gasteiger partial charge in [-0.2, -0.15) is 0 Å². The van der Waals surface area contributed by atoms with Crippen molar-refractivity contribution in [3.05, 3.63) is 35.3 Å². The summed E-state index contributed by atoms with van der Waals surface area (Å²) in [5, 5.41) is 0. The van der Waals surface area contributed by atoms with Crippen molar-refractivity contribution in [2.75, 3.05) is 32.9 Å². The number of aryl methyl sites for hydroxylation is 1. The summed E-state index contributed by atoms with van der Waals surface area (Å²) in [6.07, 6.45) is 1.58. The Morgan fingerprint density at radius 3 is 2.70 bits per heavy atom. The maximum Gasteiger partial charge on any atom is 0.269 e. The molecule has 1 fully saturated rings. The van der Waals surface area contributed by atoms with Crippen LogP contribution < -0.4 is 16.2 Å². The maximum atomic E-state index is 11.9. The highest BCUT2D eigenvalue weighted by molar-refractivity contribution is 5.99. The van der Waals surface area contributed by atoms with Crippen LogP contribution in [0.1, 0.15) is 40.6 Å². The van der Waals surface area contributed by atoms with Crippen LogP contribution in [0.3, 0.4) is 0 Å². The minimum absolute atomic E-state index is 0.0455. The van der Waals surface area contributed by atoms with Gasteiger partial charge in [0.25, 0.3) is 5.91 Å².